The molecule has 30 heavy (non-hydrogen) atoms. The van der Waals surface area contributed by atoms with E-state index in [-0.39, 0.29) is 31.0 Å². The molecule has 9 heteroatoms. The Morgan fingerprint density at radius 1 is 0.900 bits per heavy atom. The summed E-state index contributed by atoms with van der Waals surface area (Å²) in [5, 5.41) is 10.5. The summed E-state index contributed by atoms with van der Waals surface area (Å²) >= 11 is 0. The molecule has 2 aromatic rings. The molecule has 0 radical (unpaired) electrons. The van der Waals surface area contributed by atoms with E-state index in [0.29, 0.717) is 22.9 Å². The van der Waals surface area contributed by atoms with Gasteiger partial charge >= 0.3 is 0 Å². The highest BCUT2D eigenvalue weighted by molar-refractivity contribution is 6.43. The van der Waals surface area contributed by atoms with Crippen molar-refractivity contribution in [3.8, 4) is 11.5 Å². The molecule has 1 heterocycles. The van der Waals surface area contributed by atoms with Gasteiger partial charge in [-0.1, -0.05) is 0 Å². The zero-order valence-electron chi connectivity index (χ0n) is 16.7. The van der Waals surface area contributed by atoms with Gasteiger partial charge in [-0.25, -0.2) is 5.01 Å². The lowest BCUT2D eigenvalue weighted by molar-refractivity contribution is -0.135. The second-order valence-electron chi connectivity index (χ2n) is 6.46. The number of nitrogens with zero attached hydrogens (tertiary/aromatic N) is 2. The Morgan fingerprint density at radius 3 is 1.97 bits per heavy atom. The van der Waals surface area contributed by atoms with E-state index in [4.69, 9.17) is 9.47 Å². The molecule has 0 spiro atoms. The number of carbonyl (C=O) groups excluding carboxylic acids is 3. The largest absolute Gasteiger partial charge is 0.497 e. The zero-order chi connectivity index (χ0) is 21.5. The Morgan fingerprint density at radius 2 is 1.43 bits per heavy atom. The van der Waals surface area contributed by atoms with E-state index in [0.717, 1.165) is 5.01 Å². The van der Waals surface area contributed by atoms with Gasteiger partial charge in [0.25, 0.3) is 5.91 Å². The van der Waals surface area contributed by atoms with Gasteiger partial charge in [-0.15, -0.1) is 0 Å². The van der Waals surface area contributed by atoms with Gasteiger partial charge in [0.15, 0.2) is 0 Å². The molecule has 0 aliphatic carbocycles. The lowest BCUT2D eigenvalue weighted by atomic mass is 10.1. The van der Waals surface area contributed by atoms with Crippen LogP contribution in [-0.2, 0) is 14.4 Å². The first-order valence-electron chi connectivity index (χ1n) is 9.25. The highest BCUT2D eigenvalue weighted by Crippen LogP contribution is 2.17. The molecule has 0 saturated carbocycles. The number of amides is 3. The lowest BCUT2D eigenvalue weighted by Gasteiger charge is -2.22. The number of anilines is 2. The molecule has 0 atom stereocenters. The van der Waals surface area contributed by atoms with Crippen LogP contribution in [0.4, 0.5) is 11.4 Å². The minimum Gasteiger partial charge on any atom is -0.497 e. The number of carbonyl (C=O) groups is 3. The third-order valence-corrected chi connectivity index (χ3v) is 4.38. The fourth-order valence-electron chi connectivity index (χ4n) is 2.78. The van der Waals surface area contributed by atoms with Crippen LogP contribution in [0.3, 0.4) is 0 Å². The van der Waals surface area contributed by atoms with Crippen molar-refractivity contribution in [1.29, 1.82) is 0 Å². The van der Waals surface area contributed by atoms with E-state index in [1.807, 2.05) is 0 Å². The minimum absolute atomic E-state index is 0.102. The van der Waals surface area contributed by atoms with Crippen LogP contribution in [0.1, 0.15) is 12.8 Å². The van der Waals surface area contributed by atoms with Gasteiger partial charge in [-0.2, -0.15) is 5.10 Å². The molecule has 0 saturated heterocycles. The molecule has 0 unspecified atom stereocenters. The van der Waals surface area contributed by atoms with Crippen molar-refractivity contribution in [3.63, 3.8) is 0 Å². The van der Waals surface area contributed by atoms with Crippen molar-refractivity contribution < 1.29 is 23.9 Å². The fraction of sp³-hybridized carbons (Fsp3) is 0.238. The summed E-state index contributed by atoms with van der Waals surface area (Å²) in [6.07, 6.45) is 0.308. The van der Waals surface area contributed by atoms with Crippen LogP contribution in [-0.4, -0.2) is 49.2 Å². The summed E-state index contributed by atoms with van der Waals surface area (Å²) in [6, 6.07) is 13.6. The molecule has 1 aliphatic rings. The first kappa shape index (κ1) is 20.8. The molecule has 2 N–H and O–H groups in total. The average molecular weight is 410 g/mol. The number of nitrogens with one attached hydrogen (secondary N) is 2. The monoisotopic (exact) mass is 410 g/mol. The number of hydrogen-bond donors (Lipinski definition) is 2. The van der Waals surface area contributed by atoms with Crippen molar-refractivity contribution in [2.45, 2.75) is 12.8 Å². The van der Waals surface area contributed by atoms with Crippen molar-refractivity contribution in [3.05, 3.63) is 48.5 Å². The first-order chi connectivity index (χ1) is 14.5. The summed E-state index contributed by atoms with van der Waals surface area (Å²) in [5.74, 6) is 0.169. The lowest BCUT2D eigenvalue weighted by Crippen LogP contribution is -2.40. The Labute approximate surface area is 173 Å². The molecule has 3 rings (SSSR count). The predicted molar refractivity (Wildman–Crippen MR) is 112 cm³/mol. The van der Waals surface area contributed by atoms with Crippen LogP contribution in [0.2, 0.25) is 0 Å². The molecule has 156 valence electrons. The topological polar surface area (TPSA) is 109 Å². The second kappa shape index (κ2) is 9.55. The van der Waals surface area contributed by atoms with E-state index < -0.39 is 11.8 Å². The maximum Gasteiger partial charge on any atom is 0.271 e. The summed E-state index contributed by atoms with van der Waals surface area (Å²) in [6.45, 7) is -0.288. The third-order valence-electron chi connectivity index (χ3n) is 4.38. The quantitative estimate of drug-likeness (QED) is 0.728. The molecule has 3 amide bonds. The van der Waals surface area contributed by atoms with Crippen molar-refractivity contribution in [1.82, 2.24) is 5.01 Å². The minimum atomic E-state index is -0.423. The number of hydrazone groups is 1. The molecule has 9 nitrogen and oxygen atoms in total. The van der Waals surface area contributed by atoms with Crippen molar-refractivity contribution in [2.75, 3.05) is 31.4 Å². The predicted octanol–water partition coefficient (Wildman–Crippen LogP) is 2.26. The Balaban J connectivity index is 1.62. The molecule has 1 aliphatic heterocycles. The van der Waals surface area contributed by atoms with Crippen LogP contribution in [0.5, 0.6) is 11.5 Å². The van der Waals surface area contributed by atoms with E-state index >= 15 is 0 Å². The number of methoxy groups -OCH3 is 2. The first-order valence-corrected chi connectivity index (χ1v) is 9.25. The standard InChI is InChI=1S/C21H22N4O5/c1-29-16-7-3-14(4-8-16)22-19(26)13-25-20(27)12-11-18(24-25)21(28)23-15-5-9-17(30-2)10-6-15/h3-10H,11-13H2,1-2H3,(H,22,26)(H,23,28). The number of hydrogen-bond acceptors (Lipinski definition) is 6. The van der Waals surface area contributed by atoms with E-state index in [1.54, 1.807) is 62.8 Å². The van der Waals surface area contributed by atoms with Crippen LogP contribution < -0.4 is 20.1 Å². The molecule has 0 aromatic heterocycles. The average Bonchev–Trinajstić information content (AvgIpc) is 2.76. The Hall–Kier alpha value is -3.88. The van der Waals surface area contributed by atoms with E-state index in [2.05, 4.69) is 15.7 Å². The number of rotatable bonds is 7. The molecule has 0 fully saturated rings. The van der Waals surface area contributed by atoms with Gasteiger partial charge in [0.05, 0.1) is 14.2 Å². The van der Waals surface area contributed by atoms with Crippen LogP contribution in [0.25, 0.3) is 0 Å². The van der Waals surface area contributed by atoms with Gasteiger partial charge in [-0.3, -0.25) is 14.4 Å². The molecule has 2 aromatic carbocycles. The summed E-state index contributed by atoms with van der Waals surface area (Å²) in [4.78, 5) is 36.9. The van der Waals surface area contributed by atoms with Crippen LogP contribution in [0.15, 0.2) is 53.6 Å². The van der Waals surface area contributed by atoms with Gasteiger partial charge in [0, 0.05) is 24.2 Å². The SMILES string of the molecule is COc1ccc(NC(=O)CN2N=C(C(=O)Nc3ccc(OC)cc3)CCC2=O)cc1. The van der Waals surface area contributed by atoms with Gasteiger partial charge in [-0.05, 0) is 48.5 Å². The van der Waals surface area contributed by atoms with Gasteiger partial charge < -0.3 is 20.1 Å². The smallest absolute Gasteiger partial charge is 0.271 e. The normalized spacial score (nSPS) is 13.3. The number of benzene rings is 2. The van der Waals surface area contributed by atoms with Gasteiger partial charge in [0.2, 0.25) is 11.8 Å². The maximum atomic E-state index is 12.5. The Bertz CT molecular complexity index is 954. The summed E-state index contributed by atoms with van der Waals surface area (Å²) in [7, 11) is 3.11. The van der Waals surface area contributed by atoms with Gasteiger partial charge in [0.1, 0.15) is 23.8 Å². The van der Waals surface area contributed by atoms with Crippen molar-refractivity contribution >= 4 is 34.8 Å². The Kier molecular flexibility index (Phi) is 6.63. The van der Waals surface area contributed by atoms with E-state index in [9.17, 15) is 14.4 Å². The summed E-state index contributed by atoms with van der Waals surface area (Å²) < 4.78 is 10.2. The fourth-order valence-corrected chi connectivity index (χ4v) is 2.78. The highest BCUT2D eigenvalue weighted by Gasteiger charge is 2.26. The maximum absolute atomic E-state index is 12.5. The molecule has 0 bridgehead atoms. The van der Waals surface area contributed by atoms with Crippen LogP contribution >= 0.6 is 0 Å². The summed E-state index contributed by atoms with van der Waals surface area (Å²) in [5.41, 5.74) is 1.32. The number of ether oxygens (including phenoxy) is 2. The zero-order valence-corrected chi connectivity index (χ0v) is 16.7. The molecular formula is C21H22N4O5. The van der Waals surface area contributed by atoms with E-state index in [1.165, 1.54) is 0 Å². The third kappa shape index (κ3) is 5.34. The van der Waals surface area contributed by atoms with Crippen molar-refractivity contribution in [2.24, 2.45) is 5.10 Å². The van der Waals surface area contributed by atoms with Crippen LogP contribution in [0, 0.1) is 0 Å². The highest BCUT2D eigenvalue weighted by atomic mass is 16.5. The molecular weight excluding hydrogens is 388 g/mol. The second-order valence-corrected chi connectivity index (χ2v) is 6.46.